The molecule has 0 saturated carbocycles. The molecular weight excluding hydrogens is 177 g/mol. The lowest BCUT2D eigenvalue weighted by atomic mass is 10.1. The maximum Gasteiger partial charge on any atom is 0.126 e. The summed E-state index contributed by atoms with van der Waals surface area (Å²) in [6, 6.07) is 8.73. The minimum absolute atomic E-state index is 0.183. The molecule has 0 aliphatic rings. The Morgan fingerprint density at radius 1 is 1.29 bits per heavy atom. The third kappa shape index (κ3) is 1.64. The molecule has 1 aromatic heterocycles. The van der Waals surface area contributed by atoms with E-state index in [1.54, 1.807) is 25.3 Å². The van der Waals surface area contributed by atoms with Gasteiger partial charge in [-0.1, -0.05) is 12.1 Å². The Balaban J connectivity index is 2.48. The van der Waals surface area contributed by atoms with Crippen LogP contribution in [-0.2, 0) is 0 Å². The van der Waals surface area contributed by atoms with Crippen LogP contribution in [0, 0.1) is 18.9 Å². The summed E-state index contributed by atoms with van der Waals surface area (Å²) in [4.78, 5) is 3.89. The lowest BCUT2D eigenvalue weighted by Crippen LogP contribution is -1.84. The van der Waals surface area contributed by atoms with Crippen LogP contribution in [0.3, 0.4) is 0 Å². The lowest BCUT2D eigenvalue weighted by Gasteiger charge is -2.02. The van der Waals surface area contributed by atoms with Crippen molar-refractivity contribution in [1.29, 1.82) is 0 Å². The van der Waals surface area contributed by atoms with E-state index >= 15 is 0 Å². The number of pyridine rings is 1. The van der Waals surface area contributed by atoms with Crippen molar-refractivity contribution in [1.82, 2.24) is 4.98 Å². The quantitative estimate of drug-likeness (QED) is 0.667. The first-order chi connectivity index (χ1) is 6.77. The van der Waals surface area contributed by atoms with Crippen molar-refractivity contribution in [3.05, 3.63) is 54.1 Å². The van der Waals surface area contributed by atoms with Gasteiger partial charge in [-0.2, -0.15) is 0 Å². The standard InChI is InChI=1S/C12H9FN/c1-9-7-10(4-5-12(9)13)11-3-2-6-14-8-11/h2-7H,1H3. The van der Waals surface area contributed by atoms with Crippen LogP contribution in [0.4, 0.5) is 4.39 Å². The second-order valence-corrected chi connectivity index (χ2v) is 3.13. The SMILES string of the molecule is Cc1cc(-c2[c]nccc2)ccc1F. The van der Waals surface area contributed by atoms with Crippen molar-refractivity contribution in [3.63, 3.8) is 0 Å². The van der Waals surface area contributed by atoms with Gasteiger partial charge in [-0.05, 0) is 36.2 Å². The fraction of sp³-hybridized carbons (Fsp3) is 0.0833. The first kappa shape index (κ1) is 8.88. The topological polar surface area (TPSA) is 12.9 Å². The van der Waals surface area contributed by atoms with Gasteiger partial charge in [0.05, 0.1) is 6.20 Å². The van der Waals surface area contributed by atoms with Crippen molar-refractivity contribution >= 4 is 0 Å². The van der Waals surface area contributed by atoms with Crippen molar-refractivity contribution in [2.24, 2.45) is 0 Å². The molecule has 0 aliphatic heterocycles. The maximum absolute atomic E-state index is 13.0. The van der Waals surface area contributed by atoms with Gasteiger partial charge < -0.3 is 0 Å². The van der Waals surface area contributed by atoms with E-state index in [1.807, 2.05) is 12.1 Å². The summed E-state index contributed by atoms with van der Waals surface area (Å²) < 4.78 is 13.0. The monoisotopic (exact) mass is 186 g/mol. The van der Waals surface area contributed by atoms with Gasteiger partial charge >= 0.3 is 0 Å². The summed E-state index contributed by atoms with van der Waals surface area (Å²) in [5.41, 5.74) is 2.47. The third-order valence-corrected chi connectivity index (χ3v) is 2.08. The minimum atomic E-state index is -0.183. The van der Waals surface area contributed by atoms with E-state index in [9.17, 15) is 4.39 Å². The van der Waals surface area contributed by atoms with Gasteiger partial charge in [-0.25, -0.2) is 4.39 Å². The van der Waals surface area contributed by atoms with Gasteiger partial charge in [0.1, 0.15) is 5.82 Å². The molecule has 1 radical (unpaired) electrons. The Hall–Kier alpha value is -1.70. The van der Waals surface area contributed by atoms with E-state index in [1.165, 1.54) is 6.07 Å². The Morgan fingerprint density at radius 3 is 2.79 bits per heavy atom. The fourth-order valence-electron chi connectivity index (χ4n) is 1.30. The molecule has 2 aromatic rings. The summed E-state index contributed by atoms with van der Waals surface area (Å²) in [5.74, 6) is -0.183. The van der Waals surface area contributed by atoms with Crippen LogP contribution in [-0.4, -0.2) is 4.98 Å². The molecule has 0 atom stereocenters. The highest BCUT2D eigenvalue weighted by Crippen LogP contribution is 2.19. The first-order valence-electron chi connectivity index (χ1n) is 4.36. The predicted molar refractivity (Wildman–Crippen MR) is 53.2 cm³/mol. The van der Waals surface area contributed by atoms with Gasteiger partial charge in [0.15, 0.2) is 0 Å². The Labute approximate surface area is 82.2 Å². The Bertz CT molecular complexity index is 437. The molecule has 0 unspecified atom stereocenters. The molecule has 0 amide bonds. The number of benzene rings is 1. The summed E-state index contributed by atoms with van der Waals surface area (Å²) in [6.07, 6.45) is 4.53. The van der Waals surface area contributed by atoms with Crippen LogP contribution in [0.15, 0.2) is 36.5 Å². The molecule has 0 bridgehead atoms. The van der Waals surface area contributed by atoms with Crippen molar-refractivity contribution in [3.8, 4) is 11.1 Å². The number of nitrogens with zero attached hydrogens (tertiary/aromatic N) is 1. The number of halogens is 1. The maximum atomic E-state index is 13.0. The molecule has 69 valence electrons. The van der Waals surface area contributed by atoms with Crippen molar-refractivity contribution in [2.75, 3.05) is 0 Å². The van der Waals surface area contributed by atoms with E-state index in [2.05, 4.69) is 11.2 Å². The Morgan fingerprint density at radius 2 is 2.14 bits per heavy atom. The molecule has 0 saturated heterocycles. The second kappa shape index (κ2) is 3.58. The zero-order chi connectivity index (χ0) is 9.97. The molecule has 0 fully saturated rings. The van der Waals surface area contributed by atoms with Crippen LogP contribution < -0.4 is 0 Å². The van der Waals surface area contributed by atoms with Crippen molar-refractivity contribution in [2.45, 2.75) is 6.92 Å². The number of aryl methyl sites for hydroxylation is 1. The molecule has 0 spiro atoms. The zero-order valence-electron chi connectivity index (χ0n) is 7.79. The Kier molecular flexibility index (Phi) is 2.27. The van der Waals surface area contributed by atoms with E-state index in [0.29, 0.717) is 5.56 Å². The van der Waals surface area contributed by atoms with Gasteiger partial charge in [-0.3, -0.25) is 4.98 Å². The average Bonchev–Trinajstić information content (AvgIpc) is 2.23. The molecule has 1 heterocycles. The molecule has 2 rings (SSSR count). The highest BCUT2D eigenvalue weighted by molar-refractivity contribution is 5.62. The van der Waals surface area contributed by atoms with Crippen molar-refractivity contribution < 1.29 is 4.39 Å². The molecule has 1 nitrogen and oxygen atoms in total. The third-order valence-electron chi connectivity index (χ3n) is 2.08. The molecule has 14 heavy (non-hydrogen) atoms. The summed E-state index contributed by atoms with van der Waals surface area (Å²) in [6.45, 7) is 1.75. The number of rotatable bonds is 1. The van der Waals surface area contributed by atoms with Crippen LogP contribution in [0.2, 0.25) is 0 Å². The van der Waals surface area contributed by atoms with E-state index in [0.717, 1.165) is 11.1 Å². The number of aromatic nitrogens is 1. The molecule has 0 N–H and O–H groups in total. The minimum Gasteiger partial charge on any atom is -0.254 e. The van der Waals surface area contributed by atoms with E-state index in [-0.39, 0.29) is 5.82 Å². The van der Waals surface area contributed by atoms with Crippen LogP contribution in [0.1, 0.15) is 5.56 Å². The first-order valence-corrected chi connectivity index (χ1v) is 4.36. The largest absolute Gasteiger partial charge is 0.254 e. The summed E-state index contributed by atoms with van der Waals surface area (Å²) >= 11 is 0. The normalized spacial score (nSPS) is 10.1. The van der Waals surface area contributed by atoms with Crippen LogP contribution in [0.5, 0.6) is 0 Å². The molecule has 2 heteroatoms. The molecule has 1 aromatic carbocycles. The number of hydrogen-bond donors (Lipinski definition) is 0. The fourth-order valence-corrected chi connectivity index (χ4v) is 1.30. The molecule has 0 aliphatic carbocycles. The predicted octanol–water partition coefficient (Wildman–Crippen LogP) is 3.00. The van der Waals surface area contributed by atoms with Crippen LogP contribution >= 0.6 is 0 Å². The van der Waals surface area contributed by atoms with Gasteiger partial charge in [-0.15, -0.1) is 0 Å². The lowest BCUT2D eigenvalue weighted by molar-refractivity contribution is 0.619. The van der Waals surface area contributed by atoms with E-state index < -0.39 is 0 Å². The van der Waals surface area contributed by atoms with Gasteiger partial charge in [0.2, 0.25) is 0 Å². The highest BCUT2D eigenvalue weighted by Gasteiger charge is 2.01. The number of hydrogen-bond acceptors (Lipinski definition) is 1. The average molecular weight is 186 g/mol. The zero-order valence-corrected chi connectivity index (χ0v) is 7.79. The van der Waals surface area contributed by atoms with Gasteiger partial charge in [0, 0.05) is 11.8 Å². The summed E-state index contributed by atoms with van der Waals surface area (Å²) in [7, 11) is 0. The molecular formula is C12H9FN. The smallest absolute Gasteiger partial charge is 0.126 e. The second-order valence-electron chi connectivity index (χ2n) is 3.13. The highest BCUT2D eigenvalue weighted by atomic mass is 19.1. The summed E-state index contributed by atoms with van der Waals surface area (Å²) in [5, 5.41) is 0. The van der Waals surface area contributed by atoms with Gasteiger partial charge in [0.25, 0.3) is 0 Å². The van der Waals surface area contributed by atoms with E-state index in [4.69, 9.17) is 0 Å². The van der Waals surface area contributed by atoms with Crippen LogP contribution in [0.25, 0.3) is 11.1 Å².